The monoisotopic (exact) mass is 880 g/mol. The summed E-state index contributed by atoms with van der Waals surface area (Å²) in [6.07, 6.45) is 0.623. The van der Waals surface area contributed by atoms with Crippen molar-refractivity contribution in [3.05, 3.63) is 66.4 Å². The number of fused-ring (bicyclic) bond motifs is 2. The van der Waals surface area contributed by atoms with Gasteiger partial charge < -0.3 is 39.9 Å². The molecular weight excluding hydrogens is 811 g/mol. The van der Waals surface area contributed by atoms with Crippen LogP contribution in [0.5, 0.6) is 0 Å². The zero-order valence-corrected chi connectivity index (χ0v) is 41.0. The number of aromatic nitrogens is 5. The Morgan fingerprint density at radius 1 is 0.547 bits per heavy atom. The highest BCUT2D eigenvalue weighted by molar-refractivity contribution is 5.90. The van der Waals surface area contributed by atoms with Gasteiger partial charge >= 0.3 is 12.2 Å². The van der Waals surface area contributed by atoms with Gasteiger partial charge in [-0.3, -0.25) is 14.6 Å². The number of benzene rings is 2. The number of H-pyrrole nitrogens is 2. The van der Waals surface area contributed by atoms with E-state index in [0.29, 0.717) is 11.6 Å². The minimum atomic E-state index is -1.47. The Hall–Kier alpha value is -5.99. The molecule has 0 aliphatic carbocycles. The van der Waals surface area contributed by atoms with Crippen LogP contribution in [0, 0.1) is 21.7 Å². The Kier molecular flexibility index (Phi) is 13.2. The maximum absolute atomic E-state index is 14.1. The van der Waals surface area contributed by atoms with E-state index in [4.69, 9.17) is 24.4 Å². The summed E-state index contributed by atoms with van der Waals surface area (Å²) in [7, 11) is 6.33. The topological polar surface area (TPSA) is 188 Å². The number of hydrogen-bond acceptors (Lipinski definition) is 9. The van der Waals surface area contributed by atoms with E-state index < -0.39 is 68.9 Å². The summed E-state index contributed by atoms with van der Waals surface area (Å²) >= 11 is 0. The molecule has 0 aliphatic rings. The van der Waals surface area contributed by atoms with Crippen LogP contribution in [0.4, 0.5) is 9.59 Å². The van der Waals surface area contributed by atoms with Crippen LogP contribution in [0.15, 0.2) is 54.7 Å². The van der Waals surface area contributed by atoms with E-state index in [9.17, 15) is 19.2 Å². The van der Waals surface area contributed by atoms with E-state index in [1.54, 1.807) is 42.0 Å². The van der Waals surface area contributed by atoms with Crippen molar-refractivity contribution in [3.63, 3.8) is 0 Å². The Morgan fingerprint density at radius 2 is 0.922 bits per heavy atom. The third-order valence-corrected chi connectivity index (χ3v) is 12.3. The van der Waals surface area contributed by atoms with Crippen LogP contribution in [0.1, 0.15) is 121 Å². The molecule has 2 aromatic carbocycles. The van der Waals surface area contributed by atoms with Crippen molar-refractivity contribution in [2.75, 3.05) is 28.2 Å². The molecule has 3 aromatic heterocycles. The summed E-state index contributed by atoms with van der Waals surface area (Å²) in [5, 5.41) is 6.33. The van der Waals surface area contributed by atoms with Gasteiger partial charge in [-0.1, -0.05) is 101 Å². The number of amides is 4. The Balaban J connectivity index is 1.39. The summed E-state index contributed by atoms with van der Waals surface area (Å²) < 4.78 is 11.7. The van der Waals surface area contributed by atoms with Gasteiger partial charge in [0.1, 0.15) is 11.6 Å². The quantitative estimate of drug-likeness (QED) is 0.106. The molecule has 0 aliphatic heterocycles. The predicted molar refractivity (Wildman–Crippen MR) is 251 cm³/mol. The van der Waals surface area contributed by atoms with Gasteiger partial charge in [-0.2, -0.15) is 0 Å². The minimum absolute atomic E-state index is 0.419. The van der Waals surface area contributed by atoms with Crippen LogP contribution in [-0.2, 0) is 19.1 Å². The second-order valence-electron chi connectivity index (χ2n) is 21.8. The van der Waals surface area contributed by atoms with E-state index in [2.05, 4.69) is 20.6 Å². The molecule has 4 atom stereocenters. The summed E-state index contributed by atoms with van der Waals surface area (Å²) in [4.78, 5) is 77.7. The van der Waals surface area contributed by atoms with Crippen molar-refractivity contribution in [1.82, 2.24) is 45.4 Å². The van der Waals surface area contributed by atoms with Crippen molar-refractivity contribution in [3.8, 4) is 22.4 Å². The third kappa shape index (κ3) is 10.0. The molecule has 0 bridgehead atoms. The van der Waals surface area contributed by atoms with E-state index in [1.165, 1.54) is 9.80 Å². The third-order valence-electron chi connectivity index (χ3n) is 12.3. The van der Waals surface area contributed by atoms with Crippen molar-refractivity contribution < 1.29 is 28.7 Å². The molecule has 0 unspecified atom stereocenters. The predicted octanol–water partition coefficient (Wildman–Crippen LogP) is 9.58. The van der Waals surface area contributed by atoms with Gasteiger partial charge in [0, 0.05) is 56.3 Å². The lowest BCUT2D eigenvalue weighted by Gasteiger charge is -2.42. The number of pyridine rings is 1. The molecule has 15 nitrogen and oxygen atoms in total. The van der Waals surface area contributed by atoms with Crippen molar-refractivity contribution >= 4 is 46.1 Å². The molecule has 15 heteroatoms. The van der Waals surface area contributed by atoms with Crippen LogP contribution >= 0.6 is 0 Å². The Morgan fingerprint density at radius 3 is 1.27 bits per heavy atom. The van der Waals surface area contributed by atoms with Crippen LogP contribution < -0.4 is 10.6 Å². The number of carbonyl (C=O) groups excluding carboxylic acids is 4. The number of carbonyl (C=O) groups is 4. The first-order valence-corrected chi connectivity index (χ1v) is 21.7. The standard InChI is InChI=1S/C49H69N9O6/c1-44(2,3)36(55-40(59)48(13,46(7,8)9)63-42(61)57(15)16)38-51-32-23-19-28(25-34(32)53-38)30-21-22-31(50-27-30)29-20-24-33-35(26-29)54-39(52-33)37(45(4,5)6)56-41(60)49(14,47(10,11)12)64-43(62)58(17)18/h19-27,36-37H,1-18H3,(H,51,53)(H,52,54)(H,55,59)(H,56,60)/t36-,37-,48+,49+/m1/s1. The van der Waals surface area contributed by atoms with Crippen LogP contribution in [-0.4, -0.2) is 98.1 Å². The van der Waals surface area contributed by atoms with Gasteiger partial charge in [-0.15, -0.1) is 0 Å². The van der Waals surface area contributed by atoms with Gasteiger partial charge in [0.05, 0.1) is 39.8 Å². The van der Waals surface area contributed by atoms with Crippen molar-refractivity contribution in [2.45, 2.75) is 120 Å². The first-order chi connectivity index (χ1) is 29.3. The number of ether oxygens (including phenoxy) is 2. The smallest absolute Gasteiger partial charge is 0.410 e. The van der Waals surface area contributed by atoms with E-state index >= 15 is 0 Å². The Labute approximate surface area is 377 Å². The highest BCUT2D eigenvalue weighted by atomic mass is 16.6. The molecule has 0 radical (unpaired) electrons. The molecule has 5 rings (SSSR count). The molecule has 0 fully saturated rings. The maximum atomic E-state index is 14.1. The molecule has 0 saturated carbocycles. The highest BCUT2D eigenvalue weighted by Crippen LogP contribution is 2.40. The number of imidazole rings is 2. The zero-order chi connectivity index (χ0) is 48.1. The highest BCUT2D eigenvalue weighted by Gasteiger charge is 2.51. The second-order valence-corrected chi connectivity index (χ2v) is 21.8. The van der Waals surface area contributed by atoms with Gasteiger partial charge in [-0.05, 0) is 60.6 Å². The van der Waals surface area contributed by atoms with Gasteiger partial charge in [0.15, 0.2) is 11.2 Å². The number of aromatic amines is 2. The molecule has 5 aromatic rings. The average molecular weight is 880 g/mol. The van der Waals surface area contributed by atoms with E-state index in [0.717, 1.165) is 44.5 Å². The molecule has 64 heavy (non-hydrogen) atoms. The average Bonchev–Trinajstić information content (AvgIpc) is 3.80. The van der Waals surface area contributed by atoms with Gasteiger partial charge in [0.25, 0.3) is 11.8 Å². The lowest BCUT2D eigenvalue weighted by Crippen LogP contribution is -2.58. The normalized spacial score (nSPS) is 15.4. The first-order valence-electron chi connectivity index (χ1n) is 21.7. The number of hydrogen-bond donors (Lipinski definition) is 4. The van der Waals surface area contributed by atoms with Crippen LogP contribution in [0.2, 0.25) is 0 Å². The SMILES string of the molecule is CN(C)C(=O)O[C@@](C)(C(=O)N[C@H](c1nc2ccc(-c3ccc(-c4ccc5nc([C@@H](NC(=O)[C@](C)(OC(=O)N(C)C)C(C)(C)C)C(C)(C)C)[nH]c5c4)nc3)cc2[nH]1)C(C)(C)C)C(C)(C)C. The Bertz CT molecular complexity index is 2350. The van der Waals surface area contributed by atoms with Gasteiger partial charge in [-0.25, -0.2) is 19.6 Å². The lowest BCUT2D eigenvalue weighted by molar-refractivity contribution is -0.153. The first kappa shape index (κ1) is 49.0. The van der Waals surface area contributed by atoms with E-state index in [-0.39, 0.29) is 0 Å². The fourth-order valence-corrected chi connectivity index (χ4v) is 6.95. The van der Waals surface area contributed by atoms with Crippen LogP contribution in [0.3, 0.4) is 0 Å². The molecule has 3 heterocycles. The lowest BCUT2D eigenvalue weighted by atomic mass is 9.76. The summed E-state index contributed by atoms with van der Waals surface area (Å²) in [6.45, 7) is 26.6. The molecule has 4 amide bonds. The fourth-order valence-electron chi connectivity index (χ4n) is 6.95. The second kappa shape index (κ2) is 17.2. The summed E-state index contributed by atoms with van der Waals surface area (Å²) in [5.74, 6) is 0.321. The molecule has 346 valence electrons. The van der Waals surface area contributed by atoms with Gasteiger partial charge in [0.2, 0.25) is 0 Å². The number of rotatable bonds is 10. The number of nitrogens with zero attached hydrogens (tertiary/aromatic N) is 5. The molecule has 4 N–H and O–H groups in total. The molecular formula is C49H69N9O6. The van der Waals surface area contributed by atoms with Crippen molar-refractivity contribution in [2.24, 2.45) is 21.7 Å². The largest absolute Gasteiger partial charge is 0.432 e. The fraction of sp³-hybridized carbons (Fsp3) is 0.531. The molecule has 0 saturated heterocycles. The van der Waals surface area contributed by atoms with E-state index in [1.807, 2.05) is 138 Å². The summed E-state index contributed by atoms with van der Waals surface area (Å²) in [5.41, 5.74) is 1.21. The minimum Gasteiger partial charge on any atom is -0.432 e. The summed E-state index contributed by atoms with van der Waals surface area (Å²) in [6, 6.07) is 14.7. The zero-order valence-electron chi connectivity index (χ0n) is 41.0. The maximum Gasteiger partial charge on any atom is 0.410 e. The van der Waals surface area contributed by atoms with Crippen molar-refractivity contribution in [1.29, 1.82) is 0 Å². The molecule has 0 spiro atoms. The number of nitrogens with one attached hydrogen (secondary N) is 4. The van der Waals surface area contributed by atoms with Crippen LogP contribution in [0.25, 0.3) is 44.5 Å².